The van der Waals surface area contributed by atoms with Crippen molar-refractivity contribution in [1.82, 2.24) is 10.0 Å². The van der Waals surface area contributed by atoms with E-state index in [0.29, 0.717) is 31.3 Å². The molecule has 0 saturated carbocycles. The van der Waals surface area contributed by atoms with Crippen LogP contribution in [0.2, 0.25) is 0 Å². The van der Waals surface area contributed by atoms with Crippen molar-refractivity contribution in [1.29, 1.82) is 0 Å². The van der Waals surface area contributed by atoms with Crippen LogP contribution in [0.3, 0.4) is 0 Å². The Bertz CT molecular complexity index is 966. The molecule has 0 spiro atoms. The molecule has 168 valence electrons. The fourth-order valence-electron chi connectivity index (χ4n) is 3.14. The van der Waals surface area contributed by atoms with Crippen LogP contribution in [-0.2, 0) is 14.8 Å². The van der Waals surface area contributed by atoms with E-state index in [4.69, 9.17) is 9.47 Å². The van der Waals surface area contributed by atoms with E-state index in [9.17, 15) is 13.2 Å². The monoisotopic (exact) mass is 447 g/mol. The second-order valence-electron chi connectivity index (χ2n) is 7.27. The number of fused-ring (bicyclic) bond motifs is 1. The highest BCUT2D eigenvalue weighted by Crippen LogP contribution is 2.31. The zero-order chi connectivity index (χ0) is 22.1. The zero-order valence-electron chi connectivity index (χ0n) is 17.7. The van der Waals surface area contributed by atoms with Gasteiger partial charge in [-0.3, -0.25) is 4.79 Å². The number of anilines is 1. The van der Waals surface area contributed by atoms with E-state index in [0.717, 1.165) is 25.1 Å². The third-order valence-corrected chi connectivity index (χ3v) is 6.32. The molecule has 0 bridgehead atoms. The Balaban J connectivity index is 1.38. The van der Waals surface area contributed by atoms with Gasteiger partial charge in [0, 0.05) is 51.3 Å². The van der Waals surface area contributed by atoms with Crippen LogP contribution < -0.4 is 24.4 Å². The number of carbonyl (C=O) groups is 1. The molecule has 0 unspecified atom stereocenters. The lowest BCUT2D eigenvalue weighted by Gasteiger charge is -2.19. The van der Waals surface area contributed by atoms with E-state index in [1.54, 1.807) is 6.07 Å². The lowest BCUT2D eigenvalue weighted by Crippen LogP contribution is -2.32. The lowest BCUT2D eigenvalue weighted by atomic mass is 10.3. The SMILES string of the molecule is CN(CCCNC(=O)CCNS(=O)(=O)c1ccc2c(c1)OCCCO2)c1ccccc1. The third kappa shape index (κ3) is 6.86. The molecule has 2 aromatic rings. The summed E-state index contributed by atoms with van der Waals surface area (Å²) in [4.78, 5) is 14.2. The van der Waals surface area contributed by atoms with Crippen LogP contribution in [0.25, 0.3) is 0 Å². The van der Waals surface area contributed by atoms with Gasteiger partial charge in [-0.1, -0.05) is 18.2 Å². The van der Waals surface area contributed by atoms with Crippen molar-refractivity contribution in [3.05, 3.63) is 48.5 Å². The van der Waals surface area contributed by atoms with Crippen LogP contribution >= 0.6 is 0 Å². The summed E-state index contributed by atoms with van der Waals surface area (Å²) >= 11 is 0. The summed E-state index contributed by atoms with van der Waals surface area (Å²) in [6.45, 7) is 2.37. The molecule has 2 aromatic carbocycles. The van der Waals surface area contributed by atoms with Crippen molar-refractivity contribution < 1.29 is 22.7 Å². The first-order valence-corrected chi connectivity index (χ1v) is 11.9. The molecule has 3 rings (SSSR count). The van der Waals surface area contributed by atoms with Crippen LogP contribution in [0.1, 0.15) is 19.3 Å². The van der Waals surface area contributed by atoms with Gasteiger partial charge in [0.25, 0.3) is 0 Å². The van der Waals surface area contributed by atoms with Gasteiger partial charge in [0.2, 0.25) is 15.9 Å². The molecule has 1 aliphatic rings. The molecule has 0 aromatic heterocycles. The first-order valence-electron chi connectivity index (χ1n) is 10.4. The Kier molecular flexibility index (Phi) is 8.13. The Labute approximate surface area is 183 Å². The average molecular weight is 448 g/mol. The van der Waals surface area contributed by atoms with E-state index in [2.05, 4.69) is 14.9 Å². The van der Waals surface area contributed by atoms with Crippen LogP contribution in [-0.4, -0.2) is 54.2 Å². The zero-order valence-corrected chi connectivity index (χ0v) is 18.5. The van der Waals surface area contributed by atoms with Gasteiger partial charge in [0.1, 0.15) is 0 Å². The molecule has 0 fully saturated rings. The molecule has 0 radical (unpaired) electrons. The van der Waals surface area contributed by atoms with Gasteiger partial charge in [-0.05, 0) is 30.7 Å². The maximum absolute atomic E-state index is 12.5. The number of nitrogens with one attached hydrogen (secondary N) is 2. The maximum Gasteiger partial charge on any atom is 0.240 e. The average Bonchev–Trinajstić information content (AvgIpc) is 3.02. The first kappa shape index (κ1) is 22.9. The smallest absolute Gasteiger partial charge is 0.240 e. The number of carbonyl (C=O) groups excluding carboxylic acids is 1. The van der Waals surface area contributed by atoms with E-state index >= 15 is 0 Å². The molecular formula is C22H29N3O5S. The minimum absolute atomic E-state index is 0.0204. The van der Waals surface area contributed by atoms with Gasteiger partial charge in [-0.2, -0.15) is 0 Å². The van der Waals surface area contributed by atoms with Crippen LogP contribution in [0.4, 0.5) is 5.69 Å². The highest BCUT2D eigenvalue weighted by molar-refractivity contribution is 7.89. The molecule has 9 heteroatoms. The summed E-state index contributed by atoms with van der Waals surface area (Å²) in [6, 6.07) is 14.5. The fourth-order valence-corrected chi connectivity index (χ4v) is 4.18. The highest BCUT2D eigenvalue weighted by Gasteiger charge is 2.18. The van der Waals surface area contributed by atoms with Crippen molar-refractivity contribution in [3.8, 4) is 11.5 Å². The standard InChI is InChI=1S/C22H29N3O5S/c1-25(18-7-3-2-4-8-18)14-5-12-23-22(26)11-13-24-31(27,28)19-9-10-20-21(17-19)30-16-6-15-29-20/h2-4,7-10,17,24H,5-6,11-16H2,1H3,(H,23,26). The number of sulfonamides is 1. The number of nitrogens with zero attached hydrogens (tertiary/aromatic N) is 1. The Morgan fingerprint density at radius 3 is 2.55 bits per heavy atom. The van der Waals surface area contributed by atoms with Crippen molar-refractivity contribution >= 4 is 21.6 Å². The number of para-hydroxylation sites is 1. The molecule has 1 aliphatic heterocycles. The number of amides is 1. The van der Waals surface area contributed by atoms with Crippen molar-refractivity contribution in [3.63, 3.8) is 0 Å². The molecule has 1 amide bonds. The molecule has 2 N–H and O–H groups in total. The van der Waals surface area contributed by atoms with E-state index < -0.39 is 10.0 Å². The molecular weight excluding hydrogens is 418 g/mol. The normalized spacial score (nSPS) is 13.3. The van der Waals surface area contributed by atoms with Crippen molar-refractivity contribution in [2.75, 3.05) is 44.8 Å². The number of hydrogen-bond donors (Lipinski definition) is 2. The van der Waals surface area contributed by atoms with Gasteiger partial charge in [-0.25, -0.2) is 13.1 Å². The second-order valence-corrected chi connectivity index (χ2v) is 9.03. The fraction of sp³-hybridized carbons (Fsp3) is 0.409. The van der Waals surface area contributed by atoms with E-state index in [-0.39, 0.29) is 23.8 Å². The van der Waals surface area contributed by atoms with Crippen LogP contribution in [0.15, 0.2) is 53.4 Å². The van der Waals surface area contributed by atoms with Crippen LogP contribution in [0, 0.1) is 0 Å². The van der Waals surface area contributed by atoms with Gasteiger partial charge in [0.05, 0.1) is 18.1 Å². The molecule has 31 heavy (non-hydrogen) atoms. The summed E-state index contributed by atoms with van der Waals surface area (Å²) < 4.78 is 38.5. The Morgan fingerprint density at radius 1 is 1.03 bits per heavy atom. The van der Waals surface area contributed by atoms with Gasteiger partial charge < -0.3 is 19.7 Å². The molecule has 8 nitrogen and oxygen atoms in total. The third-order valence-electron chi connectivity index (χ3n) is 4.86. The quantitative estimate of drug-likeness (QED) is 0.542. The topological polar surface area (TPSA) is 97.0 Å². The van der Waals surface area contributed by atoms with Crippen molar-refractivity contribution in [2.24, 2.45) is 0 Å². The van der Waals surface area contributed by atoms with Gasteiger partial charge in [-0.15, -0.1) is 0 Å². The predicted octanol–water partition coefficient (Wildman–Crippen LogP) is 2.16. The number of ether oxygens (including phenoxy) is 2. The number of benzene rings is 2. The predicted molar refractivity (Wildman–Crippen MR) is 119 cm³/mol. The van der Waals surface area contributed by atoms with E-state index in [1.807, 2.05) is 37.4 Å². The van der Waals surface area contributed by atoms with Gasteiger partial charge in [0.15, 0.2) is 11.5 Å². The summed E-state index contributed by atoms with van der Waals surface area (Å²) in [7, 11) is -1.74. The van der Waals surface area contributed by atoms with E-state index in [1.165, 1.54) is 12.1 Å². The molecule has 0 saturated heterocycles. The van der Waals surface area contributed by atoms with Crippen molar-refractivity contribution in [2.45, 2.75) is 24.2 Å². The summed E-state index contributed by atoms with van der Waals surface area (Å²) in [5, 5.41) is 2.83. The highest BCUT2D eigenvalue weighted by atomic mass is 32.2. The molecule has 1 heterocycles. The first-order chi connectivity index (χ1) is 15.0. The summed E-state index contributed by atoms with van der Waals surface area (Å²) in [6.07, 6.45) is 1.60. The molecule has 0 atom stereocenters. The van der Waals surface area contributed by atoms with Gasteiger partial charge >= 0.3 is 0 Å². The minimum Gasteiger partial charge on any atom is -0.490 e. The lowest BCUT2D eigenvalue weighted by molar-refractivity contribution is -0.120. The largest absolute Gasteiger partial charge is 0.490 e. The summed E-state index contributed by atoms with van der Waals surface area (Å²) in [5.41, 5.74) is 1.12. The van der Waals surface area contributed by atoms with Crippen LogP contribution in [0.5, 0.6) is 11.5 Å². The maximum atomic E-state index is 12.5. The summed E-state index contributed by atoms with van der Waals surface area (Å²) in [5.74, 6) is 0.760. The Morgan fingerprint density at radius 2 is 1.77 bits per heavy atom. The Hall–Kier alpha value is -2.78. The second kappa shape index (κ2) is 11.0. The number of hydrogen-bond acceptors (Lipinski definition) is 6. The molecule has 0 aliphatic carbocycles. The minimum atomic E-state index is -3.74. The number of rotatable bonds is 10.